The summed E-state index contributed by atoms with van der Waals surface area (Å²) in [6.45, 7) is 2.38. The first-order valence-electron chi connectivity index (χ1n) is 8.52. The van der Waals surface area contributed by atoms with Crippen molar-refractivity contribution in [3.63, 3.8) is 0 Å². The Kier molecular flexibility index (Phi) is 7.18. The van der Waals surface area contributed by atoms with Crippen molar-refractivity contribution in [2.75, 3.05) is 11.9 Å². The van der Waals surface area contributed by atoms with E-state index < -0.39 is 0 Å². The highest BCUT2D eigenvalue weighted by Gasteiger charge is 2.10. The van der Waals surface area contributed by atoms with Gasteiger partial charge >= 0.3 is 0 Å². The molecule has 1 amide bonds. The molecule has 0 atom stereocenters. The summed E-state index contributed by atoms with van der Waals surface area (Å²) in [5, 5.41) is 6.85. The molecule has 2 aromatic carbocycles. The van der Waals surface area contributed by atoms with E-state index in [1.807, 2.05) is 30.5 Å². The van der Waals surface area contributed by atoms with Crippen molar-refractivity contribution in [3.05, 3.63) is 62.4 Å². The van der Waals surface area contributed by atoms with E-state index in [1.165, 1.54) is 11.3 Å². The molecule has 1 N–H and O–H groups in total. The highest BCUT2D eigenvalue weighted by molar-refractivity contribution is 7.14. The van der Waals surface area contributed by atoms with Crippen LogP contribution in [0.25, 0.3) is 11.3 Å². The summed E-state index contributed by atoms with van der Waals surface area (Å²) in [5.41, 5.74) is 2.55. The van der Waals surface area contributed by atoms with E-state index >= 15 is 0 Å². The van der Waals surface area contributed by atoms with Gasteiger partial charge < -0.3 is 10.1 Å². The van der Waals surface area contributed by atoms with Gasteiger partial charge in [-0.2, -0.15) is 0 Å². The van der Waals surface area contributed by atoms with Gasteiger partial charge in [0.1, 0.15) is 5.75 Å². The zero-order valence-electron chi connectivity index (χ0n) is 15.0. The van der Waals surface area contributed by atoms with Crippen LogP contribution >= 0.6 is 46.1 Å². The summed E-state index contributed by atoms with van der Waals surface area (Å²) >= 11 is 19.3. The minimum Gasteiger partial charge on any atom is -0.493 e. The Balaban J connectivity index is 1.47. The fourth-order valence-corrected chi connectivity index (χ4v) is 3.75. The molecule has 1 heterocycles. The smallest absolute Gasteiger partial charge is 0.226 e. The molecule has 0 unspecified atom stereocenters. The second-order valence-electron chi connectivity index (χ2n) is 6.08. The Bertz CT molecular complexity index is 991. The van der Waals surface area contributed by atoms with Crippen LogP contribution in [0.2, 0.25) is 15.1 Å². The van der Waals surface area contributed by atoms with Gasteiger partial charge in [-0.3, -0.25) is 4.79 Å². The van der Waals surface area contributed by atoms with Gasteiger partial charge in [-0.05, 0) is 49.2 Å². The third-order valence-electron chi connectivity index (χ3n) is 3.91. The molecule has 4 nitrogen and oxygen atoms in total. The zero-order valence-corrected chi connectivity index (χ0v) is 18.1. The number of hydrogen-bond acceptors (Lipinski definition) is 4. The largest absolute Gasteiger partial charge is 0.493 e. The lowest BCUT2D eigenvalue weighted by Crippen LogP contribution is -2.12. The van der Waals surface area contributed by atoms with Crippen molar-refractivity contribution in [2.45, 2.75) is 19.8 Å². The molecule has 0 aliphatic rings. The molecule has 0 aliphatic heterocycles. The number of halogens is 3. The molecule has 8 heteroatoms. The van der Waals surface area contributed by atoms with Gasteiger partial charge in [-0.15, -0.1) is 11.3 Å². The minimum absolute atomic E-state index is 0.105. The number of thiazole rings is 1. The van der Waals surface area contributed by atoms with E-state index in [1.54, 1.807) is 18.2 Å². The predicted octanol–water partition coefficient (Wildman–Crippen LogP) is 6.88. The topological polar surface area (TPSA) is 51.2 Å². The number of anilines is 1. The molecule has 3 aromatic rings. The van der Waals surface area contributed by atoms with E-state index in [4.69, 9.17) is 39.5 Å². The average molecular weight is 456 g/mol. The SMILES string of the molecule is Cc1cc(Cl)ccc1OCCCC(=O)Nc1nc(-c2ccc(Cl)c(Cl)c2)cs1. The number of aromatic nitrogens is 1. The standard InChI is InChI=1S/C20H17Cl3N2O2S/c1-12-9-14(21)5-7-18(12)27-8-2-3-19(26)25-20-24-17(11-28-20)13-4-6-15(22)16(23)10-13/h4-7,9-11H,2-3,8H2,1H3,(H,24,25,26). The molecule has 0 spiro atoms. The number of nitrogens with zero attached hydrogens (tertiary/aromatic N) is 1. The third-order valence-corrected chi connectivity index (χ3v) is 5.64. The predicted molar refractivity (Wildman–Crippen MR) is 117 cm³/mol. The Morgan fingerprint density at radius 1 is 1.14 bits per heavy atom. The number of amides is 1. The fourth-order valence-electron chi connectivity index (χ4n) is 2.49. The monoisotopic (exact) mass is 454 g/mol. The lowest BCUT2D eigenvalue weighted by atomic mass is 10.2. The summed E-state index contributed by atoms with van der Waals surface area (Å²) in [6.07, 6.45) is 0.938. The van der Waals surface area contributed by atoms with Crippen LogP contribution in [0.4, 0.5) is 5.13 Å². The average Bonchev–Trinajstić information content (AvgIpc) is 3.11. The number of ether oxygens (including phenoxy) is 1. The maximum Gasteiger partial charge on any atom is 0.226 e. The first-order valence-corrected chi connectivity index (χ1v) is 10.5. The molecular weight excluding hydrogens is 439 g/mol. The van der Waals surface area contributed by atoms with Crippen molar-refractivity contribution in [1.29, 1.82) is 0 Å². The molecule has 3 rings (SSSR count). The molecule has 146 valence electrons. The normalized spacial score (nSPS) is 10.7. The van der Waals surface area contributed by atoms with E-state index in [0.29, 0.717) is 39.6 Å². The quantitative estimate of drug-likeness (QED) is 0.395. The Hall–Kier alpha value is -1.79. The van der Waals surface area contributed by atoms with Crippen LogP contribution in [0.3, 0.4) is 0 Å². The van der Waals surface area contributed by atoms with E-state index in [0.717, 1.165) is 22.6 Å². The summed E-state index contributed by atoms with van der Waals surface area (Å²) in [5.74, 6) is 0.669. The van der Waals surface area contributed by atoms with Gasteiger partial charge in [0.05, 0.1) is 22.3 Å². The van der Waals surface area contributed by atoms with Crippen molar-refractivity contribution >= 4 is 57.2 Å². The fraction of sp³-hybridized carbons (Fsp3) is 0.200. The first kappa shape index (κ1) is 20.9. The van der Waals surface area contributed by atoms with Crippen LogP contribution in [0, 0.1) is 6.92 Å². The van der Waals surface area contributed by atoms with Gasteiger partial charge in [-0.25, -0.2) is 4.98 Å². The van der Waals surface area contributed by atoms with Gasteiger partial charge in [0.25, 0.3) is 0 Å². The first-order chi connectivity index (χ1) is 13.4. The van der Waals surface area contributed by atoms with E-state index in [2.05, 4.69) is 10.3 Å². The van der Waals surface area contributed by atoms with Crippen molar-refractivity contribution < 1.29 is 9.53 Å². The van der Waals surface area contributed by atoms with Crippen LogP contribution in [-0.2, 0) is 4.79 Å². The maximum absolute atomic E-state index is 12.1. The molecular formula is C20H17Cl3N2O2S. The number of carbonyl (C=O) groups excluding carboxylic acids is 1. The van der Waals surface area contributed by atoms with Gasteiger partial charge in [0.15, 0.2) is 5.13 Å². The van der Waals surface area contributed by atoms with Crippen LogP contribution < -0.4 is 10.1 Å². The van der Waals surface area contributed by atoms with Gasteiger partial charge in [0.2, 0.25) is 5.91 Å². The van der Waals surface area contributed by atoms with Gasteiger partial charge in [0, 0.05) is 22.4 Å². The van der Waals surface area contributed by atoms with Crippen LogP contribution in [0.5, 0.6) is 5.75 Å². The van der Waals surface area contributed by atoms with Crippen molar-refractivity contribution in [1.82, 2.24) is 4.98 Å². The number of nitrogens with one attached hydrogen (secondary N) is 1. The molecule has 0 bridgehead atoms. The molecule has 0 aliphatic carbocycles. The summed E-state index contributed by atoms with van der Waals surface area (Å²) in [4.78, 5) is 16.6. The van der Waals surface area contributed by atoms with Crippen LogP contribution in [0.15, 0.2) is 41.8 Å². The number of aryl methyl sites for hydroxylation is 1. The lowest BCUT2D eigenvalue weighted by molar-refractivity contribution is -0.116. The highest BCUT2D eigenvalue weighted by Crippen LogP contribution is 2.30. The van der Waals surface area contributed by atoms with Crippen LogP contribution in [0.1, 0.15) is 18.4 Å². The minimum atomic E-state index is -0.105. The second kappa shape index (κ2) is 9.61. The molecule has 0 radical (unpaired) electrons. The summed E-state index contributed by atoms with van der Waals surface area (Å²) in [7, 11) is 0. The zero-order chi connectivity index (χ0) is 20.1. The Morgan fingerprint density at radius 3 is 2.71 bits per heavy atom. The third kappa shape index (κ3) is 5.61. The summed E-state index contributed by atoms with van der Waals surface area (Å²) in [6, 6.07) is 10.8. The molecule has 0 fully saturated rings. The number of hydrogen-bond donors (Lipinski definition) is 1. The van der Waals surface area contributed by atoms with Crippen molar-refractivity contribution in [2.24, 2.45) is 0 Å². The lowest BCUT2D eigenvalue weighted by Gasteiger charge is -2.09. The second-order valence-corrected chi connectivity index (χ2v) is 8.19. The molecule has 0 saturated heterocycles. The molecule has 1 aromatic heterocycles. The van der Waals surface area contributed by atoms with Crippen LogP contribution in [-0.4, -0.2) is 17.5 Å². The van der Waals surface area contributed by atoms with Crippen molar-refractivity contribution in [3.8, 4) is 17.0 Å². The Labute approximate surface area is 182 Å². The molecule has 0 saturated carbocycles. The Morgan fingerprint density at radius 2 is 1.96 bits per heavy atom. The number of benzene rings is 2. The maximum atomic E-state index is 12.1. The van der Waals surface area contributed by atoms with Gasteiger partial charge in [-0.1, -0.05) is 40.9 Å². The number of carbonyl (C=O) groups is 1. The van der Waals surface area contributed by atoms with E-state index in [-0.39, 0.29) is 5.91 Å². The summed E-state index contributed by atoms with van der Waals surface area (Å²) < 4.78 is 5.70. The molecule has 28 heavy (non-hydrogen) atoms. The number of rotatable bonds is 7. The highest BCUT2D eigenvalue weighted by atomic mass is 35.5. The van der Waals surface area contributed by atoms with E-state index in [9.17, 15) is 4.79 Å².